The predicted octanol–water partition coefficient (Wildman–Crippen LogP) is 3.09. The topological polar surface area (TPSA) is 80.3 Å². The number of hydrogen-bond acceptors (Lipinski definition) is 4. The molecule has 6 nitrogen and oxygen atoms in total. The van der Waals surface area contributed by atoms with Gasteiger partial charge in [-0.05, 0) is 55.2 Å². The second kappa shape index (κ2) is 10.3. The van der Waals surface area contributed by atoms with Gasteiger partial charge in [-0.25, -0.2) is 0 Å². The molecule has 2 amide bonds. The Morgan fingerprint density at radius 1 is 1.14 bits per heavy atom. The summed E-state index contributed by atoms with van der Waals surface area (Å²) in [6.07, 6.45) is 4.53. The Morgan fingerprint density at radius 3 is 2.64 bits per heavy atom. The lowest BCUT2D eigenvalue weighted by Crippen LogP contribution is -2.31. The second-order valence-electron chi connectivity index (χ2n) is 6.63. The summed E-state index contributed by atoms with van der Waals surface area (Å²) in [4.78, 5) is 28.2. The highest BCUT2D eigenvalue weighted by atomic mass is 16.5. The molecule has 0 saturated heterocycles. The van der Waals surface area contributed by atoms with Crippen molar-refractivity contribution in [3.63, 3.8) is 0 Å². The summed E-state index contributed by atoms with van der Waals surface area (Å²) in [6.45, 7) is 10.1. The van der Waals surface area contributed by atoms with Gasteiger partial charge in [-0.15, -0.1) is 0 Å². The van der Waals surface area contributed by atoms with E-state index in [9.17, 15) is 9.59 Å². The van der Waals surface area contributed by atoms with Gasteiger partial charge in [0.1, 0.15) is 5.75 Å². The third-order valence-corrected chi connectivity index (χ3v) is 4.34. The van der Waals surface area contributed by atoms with Crippen LogP contribution in [0.1, 0.15) is 40.4 Å². The molecule has 148 valence electrons. The molecule has 0 unspecified atom stereocenters. The van der Waals surface area contributed by atoms with E-state index in [4.69, 9.17) is 4.74 Å². The quantitative estimate of drug-likeness (QED) is 0.699. The summed E-state index contributed by atoms with van der Waals surface area (Å²) in [5.74, 6) is 0.174. The number of aromatic nitrogens is 1. The molecule has 6 heteroatoms. The van der Waals surface area contributed by atoms with E-state index in [1.54, 1.807) is 6.20 Å². The molecule has 2 N–H and O–H groups in total. The fraction of sp³-hybridized carbons (Fsp3) is 0.318. The van der Waals surface area contributed by atoms with Gasteiger partial charge in [-0.3, -0.25) is 14.6 Å². The molecule has 0 aliphatic carbocycles. The van der Waals surface area contributed by atoms with Crippen molar-refractivity contribution < 1.29 is 14.3 Å². The van der Waals surface area contributed by atoms with E-state index in [2.05, 4.69) is 22.2 Å². The van der Waals surface area contributed by atoms with Gasteiger partial charge >= 0.3 is 0 Å². The number of pyridine rings is 1. The molecule has 0 bridgehead atoms. The first-order valence-corrected chi connectivity index (χ1v) is 9.29. The zero-order valence-corrected chi connectivity index (χ0v) is 16.7. The molecule has 1 aromatic carbocycles. The molecule has 0 saturated carbocycles. The SMILES string of the molecule is C=C(CCNC(=O)c1cncc(CC)c1)NC(=O)COc1ccc(C)c(C)c1. The van der Waals surface area contributed by atoms with Gasteiger partial charge in [-0.2, -0.15) is 0 Å². The standard InChI is InChI=1S/C22H27N3O3/c1-5-18-11-19(13-23-12-18)22(27)24-9-8-17(4)25-21(26)14-28-20-7-6-15(2)16(3)10-20/h6-7,10-13H,4-5,8-9,14H2,1-3H3,(H,24,27)(H,25,26). The van der Waals surface area contributed by atoms with Crippen molar-refractivity contribution in [3.05, 3.63) is 71.2 Å². The number of carbonyl (C=O) groups is 2. The van der Waals surface area contributed by atoms with Gasteiger partial charge in [-0.1, -0.05) is 19.6 Å². The minimum absolute atomic E-state index is 0.0939. The molecule has 0 atom stereocenters. The van der Waals surface area contributed by atoms with Crippen LogP contribution >= 0.6 is 0 Å². The minimum atomic E-state index is -0.283. The Kier molecular flexibility index (Phi) is 7.75. The molecule has 0 spiro atoms. The van der Waals surface area contributed by atoms with E-state index in [1.807, 2.05) is 45.0 Å². The normalized spacial score (nSPS) is 10.2. The van der Waals surface area contributed by atoms with Crippen LogP contribution in [0.25, 0.3) is 0 Å². The van der Waals surface area contributed by atoms with Crippen molar-refractivity contribution in [2.45, 2.75) is 33.6 Å². The molecule has 0 fully saturated rings. The molecular weight excluding hydrogens is 354 g/mol. The highest BCUT2D eigenvalue weighted by Gasteiger charge is 2.08. The fourth-order valence-corrected chi connectivity index (χ4v) is 2.48. The number of amides is 2. The molecule has 0 aliphatic rings. The van der Waals surface area contributed by atoms with Crippen LogP contribution in [0.5, 0.6) is 5.75 Å². The van der Waals surface area contributed by atoms with Gasteiger partial charge in [0, 0.05) is 31.1 Å². The Hall–Kier alpha value is -3.15. The fourth-order valence-electron chi connectivity index (χ4n) is 2.48. The van der Waals surface area contributed by atoms with Crippen molar-refractivity contribution in [1.82, 2.24) is 15.6 Å². The maximum absolute atomic E-state index is 12.1. The van der Waals surface area contributed by atoms with Crippen LogP contribution in [0.4, 0.5) is 0 Å². The summed E-state index contributed by atoms with van der Waals surface area (Å²) in [6, 6.07) is 7.51. The Labute approximate surface area is 166 Å². The maximum atomic E-state index is 12.1. The van der Waals surface area contributed by atoms with Crippen molar-refractivity contribution in [2.24, 2.45) is 0 Å². The van der Waals surface area contributed by atoms with Crippen LogP contribution in [0.3, 0.4) is 0 Å². The number of nitrogens with zero attached hydrogens (tertiary/aromatic N) is 1. The van der Waals surface area contributed by atoms with Crippen LogP contribution in [-0.2, 0) is 11.2 Å². The molecule has 2 aromatic rings. The minimum Gasteiger partial charge on any atom is -0.484 e. The Bertz CT molecular complexity index is 862. The van der Waals surface area contributed by atoms with Gasteiger partial charge in [0.15, 0.2) is 6.61 Å². The lowest BCUT2D eigenvalue weighted by Gasteiger charge is -2.11. The molecular formula is C22H27N3O3. The third kappa shape index (κ3) is 6.54. The maximum Gasteiger partial charge on any atom is 0.262 e. The lowest BCUT2D eigenvalue weighted by atomic mass is 10.1. The molecule has 1 heterocycles. The lowest BCUT2D eigenvalue weighted by molar-refractivity contribution is -0.122. The number of ether oxygens (including phenoxy) is 1. The third-order valence-electron chi connectivity index (χ3n) is 4.34. The Morgan fingerprint density at radius 2 is 1.93 bits per heavy atom. The first-order chi connectivity index (χ1) is 13.4. The van der Waals surface area contributed by atoms with Crippen molar-refractivity contribution >= 4 is 11.8 Å². The summed E-state index contributed by atoms with van der Waals surface area (Å²) in [7, 11) is 0. The molecule has 0 aliphatic heterocycles. The van der Waals surface area contributed by atoms with Gasteiger partial charge in [0.2, 0.25) is 0 Å². The van der Waals surface area contributed by atoms with Crippen molar-refractivity contribution in [1.29, 1.82) is 0 Å². The van der Waals surface area contributed by atoms with Crippen LogP contribution in [0, 0.1) is 13.8 Å². The first-order valence-electron chi connectivity index (χ1n) is 9.29. The zero-order valence-electron chi connectivity index (χ0n) is 16.7. The van der Waals surface area contributed by atoms with Gasteiger partial charge in [0.05, 0.1) is 5.56 Å². The van der Waals surface area contributed by atoms with E-state index < -0.39 is 0 Å². The number of nitrogens with one attached hydrogen (secondary N) is 2. The van der Waals surface area contributed by atoms with E-state index in [0.717, 1.165) is 17.5 Å². The zero-order chi connectivity index (χ0) is 20.5. The van der Waals surface area contributed by atoms with E-state index >= 15 is 0 Å². The summed E-state index contributed by atoms with van der Waals surface area (Å²) in [5.41, 5.74) is 4.33. The molecule has 28 heavy (non-hydrogen) atoms. The van der Waals surface area contributed by atoms with Crippen molar-refractivity contribution in [2.75, 3.05) is 13.2 Å². The van der Waals surface area contributed by atoms with E-state index in [0.29, 0.717) is 30.0 Å². The monoisotopic (exact) mass is 381 g/mol. The largest absolute Gasteiger partial charge is 0.484 e. The number of aryl methyl sites for hydroxylation is 3. The molecule has 0 radical (unpaired) electrons. The van der Waals surface area contributed by atoms with E-state index in [1.165, 1.54) is 11.8 Å². The number of benzene rings is 1. The summed E-state index contributed by atoms with van der Waals surface area (Å²) < 4.78 is 5.50. The highest BCUT2D eigenvalue weighted by molar-refractivity contribution is 5.94. The predicted molar refractivity (Wildman–Crippen MR) is 109 cm³/mol. The van der Waals surface area contributed by atoms with Crippen molar-refractivity contribution in [3.8, 4) is 5.75 Å². The van der Waals surface area contributed by atoms with E-state index in [-0.39, 0.29) is 18.4 Å². The summed E-state index contributed by atoms with van der Waals surface area (Å²) in [5, 5.41) is 5.49. The second-order valence-corrected chi connectivity index (χ2v) is 6.63. The van der Waals surface area contributed by atoms with Crippen LogP contribution < -0.4 is 15.4 Å². The smallest absolute Gasteiger partial charge is 0.262 e. The van der Waals surface area contributed by atoms with Crippen LogP contribution in [0.2, 0.25) is 0 Å². The molecule has 1 aromatic heterocycles. The average Bonchev–Trinajstić information content (AvgIpc) is 2.68. The first kappa shape index (κ1) is 21.2. The van der Waals surface area contributed by atoms with Gasteiger partial charge < -0.3 is 15.4 Å². The average molecular weight is 381 g/mol. The highest BCUT2D eigenvalue weighted by Crippen LogP contribution is 2.16. The van der Waals surface area contributed by atoms with Crippen LogP contribution in [0.15, 0.2) is 48.9 Å². The number of hydrogen-bond donors (Lipinski definition) is 2. The number of carbonyl (C=O) groups excluding carboxylic acids is 2. The summed E-state index contributed by atoms with van der Waals surface area (Å²) >= 11 is 0. The number of rotatable bonds is 9. The van der Waals surface area contributed by atoms with Crippen LogP contribution in [-0.4, -0.2) is 29.9 Å². The van der Waals surface area contributed by atoms with Gasteiger partial charge in [0.25, 0.3) is 11.8 Å². The Balaban J connectivity index is 1.70. The molecule has 2 rings (SSSR count).